The first-order chi connectivity index (χ1) is 9.49. The number of carboxylic acid groups (broad SMARTS) is 1. The molecule has 1 aromatic rings. The predicted molar refractivity (Wildman–Crippen MR) is 77.8 cm³/mol. The molecule has 6 nitrogen and oxygen atoms in total. The van der Waals surface area contributed by atoms with E-state index in [4.69, 9.17) is 5.11 Å². The third kappa shape index (κ3) is 3.19. The maximum absolute atomic E-state index is 12.3. The zero-order valence-electron chi connectivity index (χ0n) is 11.1. The van der Waals surface area contributed by atoms with E-state index in [1.165, 1.54) is 11.8 Å². The number of carboxylic acids is 1. The van der Waals surface area contributed by atoms with Crippen molar-refractivity contribution in [2.45, 2.75) is 5.50 Å². The molecule has 1 fully saturated rings. The lowest BCUT2D eigenvalue weighted by Gasteiger charge is -2.26. The maximum atomic E-state index is 12.3. The van der Waals surface area contributed by atoms with Crippen LogP contribution in [0.1, 0.15) is 0 Å². The van der Waals surface area contributed by atoms with Crippen molar-refractivity contribution >= 4 is 29.3 Å². The van der Waals surface area contributed by atoms with Gasteiger partial charge in [0, 0.05) is 25.9 Å². The van der Waals surface area contributed by atoms with Crippen LogP contribution in [0.3, 0.4) is 0 Å². The predicted octanol–water partition coefficient (Wildman–Crippen LogP) is 1.08. The minimum absolute atomic E-state index is 0.209. The number of rotatable bonds is 4. The number of hydrazine groups is 1. The Morgan fingerprint density at radius 2 is 2.05 bits per heavy atom. The zero-order valence-corrected chi connectivity index (χ0v) is 11.9. The first kappa shape index (κ1) is 14.6. The number of benzene rings is 1. The third-order valence-electron chi connectivity index (χ3n) is 2.56. The van der Waals surface area contributed by atoms with Crippen molar-refractivity contribution < 1.29 is 14.7 Å². The molecule has 1 saturated heterocycles. The summed E-state index contributed by atoms with van der Waals surface area (Å²) in [6.07, 6.45) is 0.945. The Labute approximate surface area is 121 Å². The Hall–Kier alpha value is -1.83. The van der Waals surface area contributed by atoms with Gasteiger partial charge in [0.1, 0.15) is 0 Å². The van der Waals surface area contributed by atoms with Crippen molar-refractivity contribution in [2.75, 3.05) is 19.0 Å². The van der Waals surface area contributed by atoms with E-state index in [1.54, 1.807) is 9.91 Å². The lowest BCUT2D eigenvalue weighted by atomic mass is 10.3. The summed E-state index contributed by atoms with van der Waals surface area (Å²) in [4.78, 5) is 24.9. The Morgan fingerprint density at radius 1 is 1.40 bits per heavy atom. The van der Waals surface area contributed by atoms with Crippen LogP contribution in [-0.2, 0) is 9.59 Å². The number of anilines is 1. The molecule has 1 aliphatic rings. The van der Waals surface area contributed by atoms with Gasteiger partial charge in [0.15, 0.2) is 5.50 Å². The molecule has 1 unspecified atom stereocenters. The summed E-state index contributed by atoms with van der Waals surface area (Å²) < 4.78 is 0. The number of carbonyl (C=O) groups excluding carboxylic acids is 1. The van der Waals surface area contributed by atoms with Crippen LogP contribution in [0.15, 0.2) is 41.3 Å². The Morgan fingerprint density at radius 3 is 2.60 bits per heavy atom. The molecule has 7 heteroatoms. The standard InChI is InChI=1S/C13H15N3O3S/c1-15(2)14-13-16(9-6-4-3-5-7-9)12(19)10(20-13)8-11(17)18/h3-8,13-14H,1-2H3,(H,17,18)/b10-8+. The quantitative estimate of drug-likeness (QED) is 0.639. The molecule has 0 aromatic heterocycles. The minimum Gasteiger partial charge on any atom is -0.478 e. The molecule has 0 bridgehead atoms. The highest BCUT2D eigenvalue weighted by molar-refractivity contribution is 8.05. The number of thioether (sulfide) groups is 1. The average molecular weight is 293 g/mol. The van der Waals surface area contributed by atoms with Gasteiger partial charge in [-0.1, -0.05) is 30.0 Å². The molecule has 0 spiro atoms. The molecule has 1 heterocycles. The molecular weight excluding hydrogens is 278 g/mol. The van der Waals surface area contributed by atoms with E-state index in [2.05, 4.69) is 5.43 Å². The van der Waals surface area contributed by atoms with E-state index in [0.717, 1.165) is 11.8 Å². The second-order valence-electron chi connectivity index (χ2n) is 4.35. The van der Waals surface area contributed by atoms with Gasteiger partial charge in [-0.3, -0.25) is 9.69 Å². The number of nitrogens with one attached hydrogen (secondary N) is 1. The topological polar surface area (TPSA) is 72.9 Å². The summed E-state index contributed by atoms with van der Waals surface area (Å²) in [6.45, 7) is 0. The molecule has 0 saturated carbocycles. The molecule has 1 atom stereocenters. The van der Waals surface area contributed by atoms with Gasteiger partial charge in [-0.05, 0) is 12.1 Å². The van der Waals surface area contributed by atoms with Crippen LogP contribution in [0.5, 0.6) is 0 Å². The van der Waals surface area contributed by atoms with Crippen molar-refractivity contribution in [3.8, 4) is 0 Å². The molecule has 2 rings (SSSR count). The van der Waals surface area contributed by atoms with Gasteiger partial charge in [0.25, 0.3) is 5.91 Å². The number of aliphatic carboxylic acids is 1. The molecule has 0 aliphatic carbocycles. The largest absolute Gasteiger partial charge is 0.478 e. The lowest BCUT2D eigenvalue weighted by molar-refractivity contribution is -0.131. The van der Waals surface area contributed by atoms with Crippen LogP contribution in [0, 0.1) is 0 Å². The summed E-state index contributed by atoms with van der Waals surface area (Å²) in [7, 11) is 3.63. The minimum atomic E-state index is -1.13. The summed E-state index contributed by atoms with van der Waals surface area (Å²) in [5.41, 5.74) is 3.44. The van der Waals surface area contributed by atoms with Crippen LogP contribution in [0.4, 0.5) is 5.69 Å². The summed E-state index contributed by atoms with van der Waals surface area (Å²) in [5.74, 6) is -1.44. The van der Waals surface area contributed by atoms with Crippen molar-refractivity contribution in [3.63, 3.8) is 0 Å². The molecule has 0 radical (unpaired) electrons. The number of amides is 1. The average Bonchev–Trinajstić information content (AvgIpc) is 2.65. The SMILES string of the molecule is CN(C)NC1S/C(=C/C(=O)O)C(=O)N1c1ccccc1. The van der Waals surface area contributed by atoms with Crippen LogP contribution in [-0.4, -0.2) is 41.6 Å². The van der Waals surface area contributed by atoms with Gasteiger partial charge in [-0.2, -0.15) is 0 Å². The van der Waals surface area contributed by atoms with Gasteiger partial charge in [0.05, 0.1) is 4.91 Å². The van der Waals surface area contributed by atoms with E-state index >= 15 is 0 Å². The van der Waals surface area contributed by atoms with Gasteiger partial charge >= 0.3 is 5.97 Å². The van der Waals surface area contributed by atoms with E-state index < -0.39 is 5.97 Å². The fourth-order valence-corrected chi connectivity index (χ4v) is 3.00. The first-order valence-electron chi connectivity index (χ1n) is 5.92. The molecule has 1 amide bonds. The zero-order chi connectivity index (χ0) is 14.7. The third-order valence-corrected chi connectivity index (χ3v) is 3.65. The molecule has 20 heavy (non-hydrogen) atoms. The van der Waals surface area contributed by atoms with E-state index in [-0.39, 0.29) is 16.3 Å². The Bertz CT molecular complexity index is 545. The van der Waals surface area contributed by atoms with Gasteiger partial charge < -0.3 is 5.11 Å². The highest BCUT2D eigenvalue weighted by atomic mass is 32.2. The lowest BCUT2D eigenvalue weighted by Crippen LogP contribution is -2.47. The summed E-state index contributed by atoms with van der Waals surface area (Å²) >= 11 is 1.18. The highest BCUT2D eigenvalue weighted by Crippen LogP contribution is 2.36. The Kier molecular flexibility index (Phi) is 4.43. The first-order valence-corrected chi connectivity index (χ1v) is 6.80. The summed E-state index contributed by atoms with van der Waals surface area (Å²) in [6, 6.07) is 9.15. The highest BCUT2D eigenvalue weighted by Gasteiger charge is 2.37. The smallest absolute Gasteiger partial charge is 0.329 e. The van der Waals surface area contributed by atoms with Crippen molar-refractivity contribution in [3.05, 3.63) is 41.3 Å². The number of hydrogen-bond donors (Lipinski definition) is 2. The van der Waals surface area contributed by atoms with Gasteiger partial charge in [0.2, 0.25) is 0 Å². The number of carbonyl (C=O) groups is 2. The maximum Gasteiger partial charge on any atom is 0.329 e. The fraction of sp³-hybridized carbons (Fsp3) is 0.231. The van der Waals surface area contributed by atoms with Crippen LogP contribution < -0.4 is 10.3 Å². The van der Waals surface area contributed by atoms with Crippen molar-refractivity contribution in [1.29, 1.82) is 0 Å². The number of para-hydroxylation sites is 1. The van der Waals surface area contributed by atoms with Gasteiger partial charge in [-0.15, -0.1) is 0 Å². The van der Waals surface area contributed by atoms with E-state index in [0.29, 0.717) is 0 Å². The fourth-order valence-electron chi connectivity index (χ4n) is 1.80. The molecule has 106 valence electrons. The monoisotopic (exact) mass is 293 g/mol. The normalized spacial score (nSPS) is 20.9. The van der Waals surface area contributed by atoms with Crippen molar-refractivity contribution in [1.82, 2.24) is 10.4 Å². The van der Waals surface area contributed by atoms with E-state index in [9.17, 15) is 9.59 Å². The summed E-state index contributed by atoms with van der Waals surface area (Å²) in [5, 5.41) is 10.6. The van der Waals surface area contributed by atoms with Crippen LogP contribution in [0.2, 0.25) is 0 Å². The van der Waals surface area contributed by atoms with Crippen LogP contribution >= 0.6 is 11.8 Å². The second-order valence-corrected chi connectivity index (χ2v) is 5.47. The second kappa shape index (κ2) is 6.08. The molecule has 2 N–H and O–H groups in total. The van der Waals surface area contributed by atoms with Gasteiger partial charge in [-0.25, -0.2) is 15.2 Å². The molecule has 1 aliphatic heterocycles. The Balaban J connectivity index is 2.34. The van der Waals surface area contributed by atoms with Crippen molar-refractivity contribution in [2.24, 2.45) is 0 Å². The number of nitrogens with zero attached hydrogens (tertiary/aromatic N) is 2. The molecular formula is C13H15N3O3S. The number of hydrogen-bond acceptors (Lipinski definition) is 5. The molecule has 1 aromatic carbocycles. The van der Waals surface area contributed by atoms with Crippen LogP contribution in [0.25, 0.3) is 0 Å². The van der Waals surface area contributed by atoms with E-state index in [1.807, 2.05) is 44.4 Å².